The van der Waals surface area contributed by atoms with Gasteiger partial charge >= 0.3 is 0 Å². The SMILES string of the molecule is COc1cc2c(cc1OC)N(Cc1cccc(F)c1)C(=O)CN2. The second-order valence-electron chi connectivity index (χ2n) is 5.19. The van der Waals surface area contributed by atoms with Crippen molar-refractivity contribution in [3.63, 3.8) is 0 Å². The van der Waals surface area contributed by atoms with Gasteiger partial charge in [-0.3, -0.25) is 4.79 Å². The maximum Gasteiger partial charge on any atom is 0.246 e. The highest BCUT2D eigenvalue weighted by Gasteiger charge is 2.26. The first-order chi connectivity index (χ1) is 11.1. The third kappa shape index (κ3) is 2.92. The van der Waals surface area contributed by atoms with Crippen molar-refractivity contribution in [2.24, 2.45) is 0 Å². The minimum Gasteiger partial charge on any atom is -0.493 e. The molecule has 1 aliphatic heterocycles. The zero-order valence-corrected chi connectivity index (χ0v) is 12.9. The molecule has 5 nitrogen and oxygen atoms in total. The smallest absolute Gasteiger partial charge is 0.246 e. The molecule has 0 unspecified atom stereocenters. The van der Waals surface area contributed by atoms with E-state index < -0.39 is 0 Å². The Morgan fingerprint density at radius 2 is 1.91 bits per heavy atom. The number of fused-ring (bicyclic) bond motifs is 1. The summed E-state index contributed by atoms with van der Waals surface area (Å²) in [7, 11) is 3.10. The van der Waals surface area contributed by atoms with Gasteiger partial charge in [0.05, 0.1) is 38.7 Å². The molecule has 0 aliphatic carbocycles. The summed E-state index contributed by atoms with van der Waals surface area (Å²) in [6, 6.07) is 9.77. The molecule has 0 saturated heterocycles. The van der Waals surface area contributed by atoms with Gasteiger partial charge in [-0.25, -0.2) is 4.39 Å². The Morgan fingerprint density at radius 3 is 2.61 bits per heavy atom. The number of hydrogen-bond donors (Lipinski definition) is 1. The summed E-state index contributed by atoms with van der Waals surface area (Å²) in [5.41, 5.74) is 2.18. The third-order valence-corrected chi connectivity index (χ3v) is 3.75. The first kappa shape index (κ1) is 15.1. The van der Waals surface area contributed by atoms with Gasteiger partial charge < -0.3 is 19.7 Å². The Bertz CT molecular complexity index is 749. The average molecular weight is 316 g/mol. The van der Waals surface area contributed by atoms with Crippen LogP contribution < -0.4 is 19.7 Å². The number of amides is 1. The molecule has 0 spiro atoms. The van der Waals surface area contributed by atoms with Gasteiger partial charge in [0, 0.05) is 12.1 Å². The number of methoxy groups -OCH3 is 2. The lowest BCUT2D eigenvalue weighted by Crippen LogP contribution is -2.39. The highest BCUT2D eigenvalue weighted by Crippen LogP contribution is 2.40. The number of carbonyl (C=O) groups is 1. The van der Waals surface area contributed by atoms with E-state index in [9.17, 15) is 9.18 Å². The third-order valence-electron chi connectivity index (χ3n) is 3.75. The Hall–Kier alpha value is -2.76. The van der Waals surface area contributed by atoms with Crippen LogP contribution in [0.3, 0.4) is 0 Å². The predicted molar refractivity (Wildman–Crippen MR) is 85.6 cm³/mol. The fourth-order valence-electron chi connectivity index (χ4n) is 2.63. The van der Waals surface area contributed by atoms with Crippen LogP contribution in [0.25, 0.3) is 0 Å². The molecule has 2 aromatic carbocycles. The zero-order chi connectivity index (χ0) is 16.4. The summed E-state index contributed by atoms with van der Waals surface area (Å²) in [5.74, 6) is 0.706. The molecule has 1 amide bonds. The van der Waals surface area contributed by atoms with Crippen molar-refractivity contribution in [2.45, 2.75) is 6.54 Å². The lowest BCUT2D eigenvalue weighted by atomic mass is 10.1. The summed E-state index contributed by atoms with van der Waals surface area (Å²) in [6.45, 7) is 0.471. The molecule has 0 atom stereocenters. The van der Waals surface area contributed by atoms with Crippen molar-refractivity contribution in [3.05, 3.63) is 47.8 Å². The second kappa shape index (κ2) is 6.16. The van der Waals surface area contributed by atoms with Crippen molar-refractivity contribution in [2.75, 3.05) is 31.0 Å². The van der Waals surface area contributed by atoms with Crippen molar-refractivity contribution in [3.8, 4) is 11.5 Å². The number of benzene rings is 2. The van der Waals surface area contributed by atoms with Gasteiger partial charge in [0.15, 0.2) is 11.5 Å². The molecule has 1 aliphatic rings. The topological polar surface area (TPSA) is 50.8 Å². The Kier molecular flexibility index (Phi) is 4.06. The number of rotatable bonds is 4. The molecular weight excluding hydrogens is 299 g/mol. The number of carbonyl (C=O) groups excluding carboxylic acids is 1. The average Bonchev–Trinajstić information content (AvgIpc) is 2.56. The van der Waals surface area contributed by atoms with Crippen LogP contribution in [0.1, 0.15) is 5.56 Å². The van der Waals surface area contributed by atoms with E-state index in [-0.39, 0.29) is 18.3 Å². The minimum absolute atomic E-state index is 0.0889. The first-order valence-electron chi connectivity index (χ1n) is 7.17. The first-order valence-corrected chi connectivity index (χ1v) is 7.17. The largest absolute Gasteiger partial charge is 0.493 e. The molecule has 3 rings (SSSR count). The lowest BCUT2D eigenvalue weighted by molar-refractivity contribution is -0.117. The molecule has 0 saturated carbocycles. The standard InChI is InChI=1S/C17H17FN2O3/c1-22-15-7-13-14(8-16(15)23-2)20(17(21)9-19-13)10-11-4-3-5-12(18)6-11/h3-8,19H,9-10H2,1-2H3. The monoisotopic (exact) mass is 316 g/mol. The molecule has 23 heavy (non-hydrogen) atoms. The molecule has 0 fully saturated rings. The normalized spacial score (nSPS) is 13.3. The minimum atomic E-state index is -0.322. The molecule has 0 radical (unpaired) electrons. The van der Waals surface area contributed by atoms with Crippen LogP contribution in [0.15, 0.2) is 36.4 Å². The lowest BCUT2D eigenvalue weighted by Gasteiger charge is -2.31. The number of ether oxygens (including phenoxy) is 2. The van der Waals surface area contributed by atoms with E-state index in [1.807, 2.05) is 0 Å². The quantitative estimate of drug-likeness (QED) is 0.942. The summed E-state index contributed by atoms with van der Waals surface area (Å²) in [5, 5.41) is 3.06. The maximum atomic E-state index is 13.4. The Morgan fingerprint density at radius 1 is 1.17 bits per heavy atom. The highest BCUT2D eigenvalue weighted by molar-refractivity contribution is 6.03. The number of nitrogens with zero attached hydrogens (tertiary/aromatic N) is 1. The van der Waals surface area contributed by atoms with Crippen LogP contribution in [0.4, 0.5) is 15.8 Å². The fourth-order valence-corrected chi connectivity index (χ4v) is 2.63. The highest BCUT2D eigenvalue weighted by atomic mass is 19.1. The summed E-state index contributed by atoms with van der Waals surface area (Å²) in [6.07, 6.45) is 0. The van der Waals surface area contributed by atoms with Crippen molar-refractivity contribution >= 4 is 17.3 Å². The van der Waals surface area contributed by atoms with E-state index >= 15 is 0 Å². The van der Waals surface area contributed by atoms with Crippen LogP contribution in [0, 0.1) is 5.82 Å². The van der Waals surface area contributed by atoms with Gasteiger partial charge in [-0.2, -0.15) is 0 Å². The molecule has 120 valence electrons. The van der Waals surface area contributed by atoms with Crippen molar-refractivity contribution < 1.29 is 18.7 Å². The molecule has 1 heterocycles. The number of hydrogen-bond acceptors (Lipinski definition) is 4. The maximum absolute atomic E-state index is 13.4. The fraction of sp³-hybridized carbons (Fsp3) is 0.235. The molecular formula is C17H17FN2O3. The van der Waals surface area contributed by atoms with E-state index in [4.69, 9.17) is 9.47 Å². The molecule has 1 N–H and O–H groups in total. The van der Waals surface area contributed by atoms with Crippen LogP contribution in [-0.4, -0.2) is 26.7 Å². The molecule has 6 heteroatoms. The van der Waals surface area contributed by atoms with E-state index in [0.717, 1.165) is 11.3 Å². The van der Waals surface area contributed by atoms with E-state index in [2.05, 4.69) is 5.32 Å². The summed E-state index contributed by atoms with van der Waals surface area (Å²) in [4.78, 5) is 13.9. The Labute approximate surface area is 133 Å². The van der Waals surface area contributed by atoms with Gasteiger partial charge in [-0.15, -0.1) is 0 Å². The number of nitrogens with one attached hydrogen (secondary N) is 1. The predicted octanol–water partition coefficient (Wildman–Crippen LogP) is 2.80. The molecule has 2 aromatic rings. The van der Waals surface area contributed by atoms with Gasteiger partial charge in [0.25, 0.3) is 0 Å². The Balaban J connectivity index is 2.00. The zero-order valence-electron chi connectivity index (χ0n) is 12.9. The van der Waals surface area contributed by atoms with Crippen LogP contribution >= 0.6 is 0 Å². The van der Waals surface area contributed by atoms with Crippen LogP contribution in [-0.2, 0) is 11.3 Å². The van der Waals surface area contributed by atoms with Crippen LogP contribution in [0.2, 0.25) is 0 Å². The van der Waals surface area contributed by atoms with E-state index in [1.165, 1.54) is 12.1 Å². The number of halogens is 1. The van der Waals surface area contributed by atoms with E-state index in [0.29, 0.717) is 23.7 Å². The molecule has 0 aromatic heterocycles. The van der Waals surface area contributed by atoms with Gasteiger partial charge in [0.2, 0.25) is 5.91 Å². The number of anilines is 2. The molecule has 0 bridgehead atoms. The van der Waals surface area contributed by atoms with Gasteiger partial charge in [-0.05, 0) is 17.7 Å². The van der Waals surface area contributed by atoms with Gasteiger partial charge in [0.1, 0.15) is 5.82 Å². The van der Waals surface area contributed by atoms with Crippen LogP contribution in [0.5, 0.6) is 11.5 Å². The van der Waals surface area contributed by atoms with E-state index in [1.54, 1.807) is 43.4 Å². The second-order valence-corrected chi connectivity index (χ2v) is 5.19. The van der Waals surface area contributed by atoms with Crippen molar-refractivity contribution in [1.82, 2.24) is 0 Å². The van der Waals surface area contributed by atoms with Crippen molar-refractivity contribution in [1.29, 1.82) is 0 Å². The summed E-state index contributed by atoms with van der Waals surface area (Å²) >= 11 is 0. The van der Waals surface area contributed by atoms with Gasteiger partial charge in [-0.1, -0.05) is 12.1 Å². The summed E-state index contributed by atoms with van der Waals surface area (Å²) < 4.78 is 24.0.